The van der Waals surface area contributed by atoms with Crippen LogP contribution in [0.25, 0.3) is 0 Å². The van der Waals surface area contributed by atoms with Crippen molar-refractivity contribution in [3.63, 3.8) is 0 Å². The summed E-state index contributed by atoms with van der Waals surface area (Å²) in [6, 6.07) is 1.29. The van der Waals surface area contributed by atoms with Crippen LogP contribution < -0.4 is 14.2 Å². The molecule has 18 heavy (non-hydrogen) atoms. The first-order chi connectivity index (χ1) is 8.47. The number of ether oxygens (including phenoxy) is 3. The minimum absolute atomic E-state index is 0.0748. The molecule has 0 amide bonds. The number of hydrogen-bond acceptors (Lipinski definition) is 5. The summed E-state index contributed by atoms with van der Waals surface area (Å²) in [4.78, 5) is 22.3. The molecular weight excluding hydrogens is 264 g/mol. The van der Waals surface area contributed by atoms with Gasteiger partial charge in [-0.15, -0.1) is 0 Å². The molecular formula is C11H11ClO6. The Labute approximate surface area is 108 Å². The standard InChI is InChI=1S/C11H11ClO6/c1-16-6-4-5(12)7(8(13)11(14)15)10(18-3)9(6)17-2/h4H,1-3H3,(H,14,15). The SMILES string of the molecule is COc1cc(Cl)c(C(=O)C(=O)O)c(OC)c1OC. The van der Waals surface area contributed by atoms with Crippen LogP contribution in [-0.2, 0) is 4.79 Å². The normalized spacial score (nSPS) is 9.78. The molecule has 0 saturated heterocycles. The summed E-state index contributed by atoms with van der Waals surface area (Å²) >= 11 is 5.86. The number of carbonyl (C=O) groups is 2. The van der Waals surface area contributed by atoms with E-state index in [0.29, 0.717) is 0 Å². The lowest BCUT2D eigenvalue weighted by molar-refractivity contribution is -0.131. The summed E-state index contributed by atoms with van der Waals surface area (Å²) in [6.45, 7) is 0. The van der Waals surface area contributed by atoms with E-state index in [4.69, 9.17) is 30.9 Å². The predicted octanol–water partition coefficient (Wildman–Crippen LogP) is 1.63. The molecule has 0 radical (unpaired) electrons. The predicted molar refractivity (Wildman–Crippen MR) is 63.1 cm³/mol. The summed E-state index contributed by atoms with van der Waals surface area (Å²) in [6.07, 6.45) is 0. The van der Waals surface area contributed by atoms with Crippen LogP contribution >= 0.6 is 11.6 Å². The van der Waals surface area contributed by atoms with Crippen LogP contribution in [0.15, 0.2) is 6.07 Å². The van der Waals surface area contributed by atoms with Crippen molar-refractivity contribution in [2.24, 2.45) is 0 Å². The van der Waals surface area contributed by atoms with Gasteiger partial charge >= 0.3 is 5.97 Å². The maximum atomic E-state index is 11.6. The Hall–Kier alpha value is -1.95. The average molecular weight is 275 g/mol. The van der Waals surface area contributed by atoms with Crippen LogP contribution in [0, 0.1) is 0 Å². The number of carboxylic acid groups (broad SMARTS) is 1. The van der Waals surface area contributed by atoms with Gasteiger partial charge in [-0.1, -0.05) is 11.6 Å². The molecule has 0 saturated carbocycles. The molecule has 0 aliphatic rings. The lowest BCUT2D eigenvalue weighted by Crippen LogP contribution is -2.15. The lowest BCUT2D eigenvalue weighted by atomic mass is 10.1. The Morgan fingerprint density at radius 3 is 2.06 bits per heavy atom. The van der Waals surface area contributed by atoms with E-state index < -0.39 is 11.8 Å². The van der Waals surface area contributed by atoms with Gasteiger partial charge in [0.2, 0.25) is 5.75 Å². The molecule has 0 atom stereocenters. The van der Waals surface area contributed by atoms with E-state index in [1.807, 2.05) is 0 Å². The minimum Gasteiger partial charge on any atom is -0.493 e. The van der Waals surface area contributed by atoms with Crippen molar-refractivity contribution in [3.05, 3.63) is 16.7 Å². The molecule has 0 aliphatic carbocycles. The molecule has 0 aliphatic heterocycles. The van der Waals surface area contributed by atoms with Crippen LogP contribution in [0.1, 0.15) is 10.4 Å². The van der Waals surface area contributed by atoms with E-state index in [0.717, 1.165) is 0 Å². The first kappa shape index (κ1) is 14.1. The van der Waals surface area contributed by atoms with Crippen LogP contribution in [-0.4, -0.2) is 38.2 Å². The second-order valence-electron chi connectivity index (χ2n) is 3.14. The Morgan fingerprint density at radius 1 is 1.11 bits per heavy atom. The lowest BCUT2D eigenvalue weighted by Gasteiger charge is -2.15. The third kappa shape index (κ3) is 2.33. The van der Waals surface area contributed by atoms with Gasteiger partial charge in [0, 0.05) is 6.07 Å². The maximum Gasteiger partial charge on any atom is 0.377 e. The van der Waals surface area contributed by atoms with Crippen LogP contribution in [0.3, 0.4) is 0 Å². The number of carbonyl (C=O) groups excluding carboxylic acids is 1. The first-order valence-corrected chi connectivity index (χ1v) is 5.11. The zero-order chi connectivity index (χ0) is 13.9. The molecule has 0 spiro atoms. The second kappa shape index (κ2) is 5.59. The van der Waals surface area contributed by atoms with E-state index in [2.05, 4.69) is 0 Å². The topological polar surface area (TPSA) is 82.1 Å². The molecule has 7 heteroatoms. The van der Waals surface area contributed by atoms with Gasteiger partial charge in [0.1, 0.15) is 0 Å². The largest absolute Gasteiger partial charge is 0.493 e. The molecule has 98 valence electrons. The molecule has 1 aromatic rings. The third-order valence-corrected chi connectivity index (χ3v) is 2.50. The smallest absolute Gasteiger partial charge is 0.377 e. The molecule has 0 aromatic heterocycles. The number of aliphatic carboxylic acids is 1. The summed E-state index contributed by atoms with van der Waals surface area (Å²) in [5.74, 6) is -2.55. The molecule has 1 rings (SSSR count). The van der Waals surface area contributed by atoms with Gasteiger partial charge in [-0.3, -0.25) is 4.79 Å². The number of Topliss-reactive ketones (excluding diaryl/α,β-unsaturated/α-hetero) is 1. The number of rotatable bonds is 5. The monoisotopic (exact) mass is 274 g/mol. The Morgan fingerprint density at radius 2 is 1.67 bits per heavy atom. The van der Waals surface area contributed by atoms with E-state index in [-0.39, 0.29) is 27.8 Å². The molecule has 0 heterocycles. The van der Waals surface area contributed by atoms with Gasteiger partial charge < -0.3 is 19.3 Å². The van der Waals surface area contributed by atoms with Crippen LogP contribution in [0.4, 0.5) is 0 Å². The number of ketones is 1. The van der Waals surface area contributed by atoms with Crippen molar-refractivity contribution in [1.82, 2.24) is 0 Å². The fraction of sp³-hybridized carbons (Fsp3) is 0.273. The van der Waals surface area contributed by atoms with Crippen molar-refractivity contribution in [1.29, 1.82) is 0 Å². The van der Waals surface area contributed by atoms with E-state index in [9.17, 15) is 9.59 Å². The number of methoxy groups -OCH3 is 3. The average Bonchev–Trinajstić information content (AvgIpc) is 2.36. The number of hydrogen-bond donors (Lipinski definition) is 1. The van der Waals surface area contributed by atoms with Crippen molar-refractivity contribution in [3.8, 4) is 17.2 Å². The molecule has 1 aromatic carbocycles. The highest BCUT2D eigenvalue weighted by Crippen LogP contribution is 2.43. The van der Waals surface area contributed by atoms with Crippen molar-refractivity contribution < 1.29 is 28.9 Å². The van der Waals surface area contributed by atoms with Gasteiger partial charge in [-0.2, -0.15) is 0 Å². The summed E-state index contributed by atoms with van der Waals surface area (Å²) in [5.41, 5.74) is -0.274. The van der Waals surface area contributed by atoms with Crippen molar-refractivity contribution >= 4 is 23.4 Å². The first-order valence-electron chi connectivity index (χ1n) is 4.74. The summed E-state index contributed by atoms with van der Waals surface area (Å²) in [5, 5.41) is 8.65. The minimum atomic E-state index is -1.64. The van der Waals surface area contributed by atoms with Gasteiger partial charge in [-0.25, -0.2) is 4.79 Å². The molecule has 0 fully saturated rings. The van der Waals surface area contributed by atoms with Gasteiger partial charge in [0.25, 0.3) is 5.78 Å². The summed E-state index contributed by atoms with van der Waals surface area (Å²) in [7, 11) is 3.99. The Kier molecular flexibility index (Phi) is 4.38. The highest BCUT2D eigenvalue weighted by molar-refractivity contribution is 6.46. The number of carboxylic acids is 1. The summed E-state index contributed by atoms with van der Waals surface area (Å²) < 4.78 is 15.0. The highest BCUT2D eigenvalue weighted by atomic mass is 35.5. The van der Waals surface area contributed by atoms with E-state index in [1.165, 1.54) is 27.4 Å². The Bertz CT molecular complexity index is 497. The fourth-order valence-corrected chi connectivity index (χ4v) is 1.72. The third-order valence-electron chi connectivity index (χ3n) is 2.20. The van der Waals surface area contributed by atoms with Gasteiger partial charge in [-0.05, 0) is 0 Å². The molecule has 1 N–H and O–H groups in total. The quantitative estimate of drug-likeness (QED) is 0.649. The zero-order valence-electron chi connectivity index (χ0n) is 9.94. The van der Waals surface area contributed by atoms with Crippen molar-refractivity contribution in [2.75, 3.05) is 21.3 Å². The number of halogens is 1. The van der Waals surface area contributed by atoms with Gasteiger partial charge in [0.15, 0.2) is 11.5 Å². The van der Waals surface area contributed by atoms with Crippen molar-refractivity contribution in [2.45, 2.75) is 0 Å². The van der Waals surface area contributed by atoms with Crippen LogP contribution in [0.2, 0.25) is 5.02 Å². The zero-order valence-corrected chi connectivity index (χ0v) is 10.7. The second-order valence-corrected chi connectivity index (χ2v) is 3.54. The highest BCUT2D eigenvalue weighted by Gasteiger charge is 2.28. The number of benzene rings is 1. The molecule has 0 unspecified atom stereocenters. The van der Waals surface area contributed by atoms with Crippen LogP contribution in [0.5, 0.6) is 17.2 Å². The Balaban J connectivity index is 3.61. The molecule has 0 bridgehead atoms. The van der Waals surface area contributed by atoms with E-state index >= 15 is 0 Å². The maximum absolute atomic E-state index is 11.6. The molecule has 6 nitrogen and oxygen atoms in total. The van der Waals surface area contributed by atoms with E-state index in [1.54, 1.807) is 0 Å². The van der Waals surface area contributed by atoms with Gasteiger partial charge in [0.05, 0.1) is 31.9 Å². The fourth-order valence-electron chi connectivity index (χ4n) is 1.44.